The van der Waals surface area contributed by atoms with Crippen LogP contribution in [-0.2, 0) is 10.8 Å². The minimum absolute atomic E-state index is 0.0135. The van der Waals surface area contributed by atoms with Gasteiger partial charge in [0.1, 0.15) is 24.0 Å². The summed E-state index contributed by atoms with van der Waals surface area (Å²) >= 11 is 0. The zero-order chi connectivity index (χ0) is 42.8. The maximum atomic E-state index is 7.09. The number of fused-ring (bicyclic) bond motifs is 4. The topological polar surface area (TPSA) is 33.5 Å². The summed E-state index contributed by atoms with van der Waals surface area (Å²) in [6, 6.07) is 50.9. The number of benzene rings is 6. The van der Waals surface area contributed by atoms with Crippen molar-refractivity contribution in [3.8, 4) is 28.4 Å². The first-order valence-corrected chi connectivity index (χ1v) is 21.9. The van der Waals surface area contributed by atoms with Gasteiger partial charge in [0.05, 0.1) is 22.4 Å². The van der Waals surface area contributed by atoms with Crippen molar-refractivity contribution in [1.29, 1.82) is 0 Å². The molecule has 9 rings (SSSR count). The van der Waals surface area contributed by atoms with Crippen LogP contribution in [0.2, 0.25) is 0 Å². The molecule has 0 spiro atoms. The zero-order valence-corrected chi connectivity index (χ0v) is 37.4. The molecule has 3 heterocycles. The van der Waals surface area contributed by atoms with Crippen molar-refractivity contribution in [2.75, 3.05) is 16.5 Å². The van der Waals surface area contributed by atoms with Crippen LogP contribution in [-0.4, -0.2) is 16.2 Å². The fourth-order valence-electron chi connectivity index (χ4n) is 9.03. The zero-order valence-electron chi connectivity index (χ0n) is 37.4. The lowest BCUT2D eigenvalue weighted by atomic mass is 9.85. The Morgan fingerprint density at radius 2 is 1.15 bits per heavy atom. The highest BCUT2D eigenvalue weighted by atomic mass is 16.5. The molecule has 0 saturated carbocycles. The highest BCUT2D eigenvalue weighted by Crippen LogP contribution is 2.48. The molecule has 0 unspecified atom stereocenters. The van der Waals surface area contributed by atoms with E-state index in [0.717, 1.165) is 45.0 Å². The molecular formula is C56H58N4O. The van der Waals surface area contributed by atoms with Crippen molar-refractivity contribution >= 4 is 44.6 Å². The Hall–Kier alpha value is -6.33. The Bertz CT molecular complexity index is 2900. The summed E-state index contributed by atoms with van der Waals surface area (Å²) in [5, 5.41) is 2.35. The van der Waals surface area contributed by atoms with Crippen LogP contribution in [0, 0.1) is 0 Å². The van der Waals surface area contributed by atoms with E-state index in [2.05, 4.69) is 223 Å². The van der Waals surface area contributed by atoms with Gasteiger partial charge in [0.15, 0.2) is 0 Å². The van der Waals surface area contributed by atoms with E-state index in [4.69, 9.17) is 9.72 Å². The van der Waals surface area contributed by atoms with Crippen molar-refractivity contribution in [1.82, 2.24) is 9.55 Å². The molecule has 0 atom stereocenters. The third-order valence-electron chi connectivity index (χ3n) is 12.4. The minimum atomic E-state index is -0.0135. The van der Waals surface area contributed by atoms with Gasteiger partial charge in [-0.15, -0.1) is 0 Å². The second-order valence-electron chi connectivity index (χ2n) is 19.4. The van der Waals surface area contributed by atoms with Crippen molar-refractivity contribution < 1.29 is 4.74 Å². The third kappa shape index (κ3) is 7.45. The highest BCUT2D eigenvalue weighted by molar-refractivity contribution is 6.09. The van der Waals surface area contributed by atoms with Crippen LogP contribution in [0.1, 0.15) is 103 Å². The molecule has 0 bridgehead atoms. The number of aromatic nitrogens is 2. The first kappa shape index (κ1) is 40.1. The molecule has 0 saturated heterocycles. The van der Waals surface area contributed by atoms with Gasteiger partial charge in [-0.1, -0.05) is 130 Å². The van der Waals surface area contributed by atoms with E-state index in [1.165, 1.54) is 50.3 Å². The molecule has 0 amide bonds. The molecule has 6 aromatic carbocycles. The van der Waals surface area contributed by atoms with E-state index < -0.39 is 0 Å². The summed E-state index contributed by atoms with van der Waals surface area (Å²) in [4.78, 5) is 9.81. The van der Waals surface area contributed by atoms with Gasteiger partial charge >= 0.3 is 0 Å². The number of ether oxygens (including phenoxy) is 1. The summed E-state index contributed by atoms with van der Waals surface area (Å²) in [6.45, 7) is 23.4. The van der Waals surface area contributed by atoms with Crippen molar-refractivity contribution in [2.24, 2.45) is 0 Å². The van der Waals surface area contributed by atoms with Crippen LogP contribution in [0.5, 0.6) is 11.5 Å². The number of nitrogens with zero attached hydrogens (tertiary/aromatic N) is 4. The molecule has 5 heteroatoms. The SMILES string of the molecule is CC(C)c1cccc(C(C)C)c1-c1cc(Oc2ccc3c4ccccc4n(-c4cc(C(C)(C)C)ccn4)c3c2)cc(N2CN(c3cccc(C(C)(C)C)c3)c3ccccc32)c1. The van der Waals surface area contributed by atoms with Gasteiger partial charge < -0.3 is 14.5 Å². The maximum Gasteiger partial charge on any atom is 0.137 e. The summed E-state index contributed by atoms with van der Waals surface area (Å²) < 4.78 is 9.38. The second-order valence-corrected chi connectivity index (χ2v) is 19.4. The second kappa shape index (κ2) is 15.3. The van der Waals surface area contributed by atoms with Gasteiger partial charge in [-0.2, -0.15) is 0 Å². The predicted octanol–water partition coefficient (Wildman–Crippen LogP) is 15.7. The average Bonchev–Trinajstić information content (AvgIpc) is 3.79. The molecule has 5 nitrogen and oxygen atoms in total. The number of para-hydroxylation sites is 3. The first-order chi connectivity index (χ1) is 29.2. The molecule has 0 N–H and O–H groups in total. The lowest BCUT2D eigenvalue weighted by molar-refractivity contribution is 0.483. The van der Waals surface area contributed by atoms with Crippen LogP contribution in [0.15, 0.2) is 146 Å². The molecule has 0 radical (unpaired) electrons. The van der Waals surface area contributed by atoms with Gasteiger partial charge in [-0.05, 0) is 123 Å². The van der Waals surface area contributed by atoms with E-state index in [-0.39, 0.29) is 10.8 Å². The first-order valence-electron chi connectivity index (χ1n) is 21.9. The number of rotatable bonds is 8. The van der Waals surface area contributed by atoms with E-state index in [9.17, 15) is 0 Å². The van der Waals surface area contributed by atoms with Crippen molar-refractivity contribution in [3.05, 3.63) is 168 Å². The van der Waals surface area contributed by atoms with E-state index in [0.29, 0.717) is 18.5 Å². The third-order valence-corrected chi connectivity index (χ3v) is 12.4. The number of pyridine rings is 1. The summed E-state index contributed by atoms with van der Waals surface area (Å²) in [6.07, 6.45) is 1.93. The maximum absolute atomic E-state index is 7.09. The van der Waals surface area contributed by atoms with Gasteiger partial charge in [0.2, 0.25) is 0 Å². The molecule has 1 aliphatic rings. The Morgan fingerprint density at radius 1 is 0.525 bits per heavy atom. The van der Waals surface area contributed by atoms with Crippen LogP contribution < -0.4 is 14.5 Å². The Balaban J connectivity index is 1.21. The average molecular weight is 803 g/mol. The summed E-state index contributed by atoms with van der Waals surface area (Å²) in [7, 11) is 0. The highest BCUT2D eigenvalue weighted by Gasteiger charge is 2.30. The van der Waals surface area contributed by atoms with Gasteiger partial charge in [-0.25, -0.2) is 4.98 Å². The monoisotopic (exact) mass is 802 g/mol. The normalized spacial score (nSPS) is 13.2. The van der Waals surface area contributed by atoms with E-state index >= 15 is 0 Å². The standard InChI is InChI=1S/C56H58N4O/c1-36(2)45-20-16-21-46(37(3)4)54(45)38-29-42(59-35-58(50-23-13-14-24-51(50)59)41-18-15-17-39(31-41)55(5,6)7)33-44(30-38)61-43-25-26-48-47-19-11-12-22-49(47)60(52(48)34-43)53-32-40(27-28-57-53)56(8,9)10/h11-34,36-37H,35H2,1-10H3. The molecular weight excluding hydrogens is 745 g/mol. The molecule has 308 valence electrons. The fraction of sp³-hybridized carbons (Fsp3) is 0.268. The van der Waals surface area contributed by atoms with Crippen LogP contribution in [0.25, 0.3) is 38.8 Å². The minimum Gasteiger partial charge on any atom is -0.457 e. The van der Waals surface area contributed by atoms with E-state index in [1.54, 1.807) is 0 Å². The van der Waals surface area contributed by atoms with Crippen molar-refractivity contribution in [3.63, 3.8) is 0 Å². The van der Waals surface area contributed by atoms with Crippen LogP contribution in [0.4, 0.5) is 22.7 Å². The lowest BCUT2D eigenvalue weighted by Gasteiger charge is -2.26. The number of anilines is 4. The van der Waals surface area contributed by atoms with Gasteiger partial charge in [0, 0.05) is 40.5 Å². The Kier molecular flexibility index (Phi) is 10.1. The summed E-state index contributed by atoms with van der Waals surface area (Å²) in [5.74, 6) is 3.15. The van der Waals surface area contributed by atoms with Gasteiger partial charge in [-0.3, -0.25) is 4.57 Å². The Morgan fingerprint density at radius 3 is 1.84 bits per heavy atom. The smallest absolute Gasteiger partial charge is 0.137 e. The van der Waals surface area contributed by atoms with E-state index in [1.807, 2.05) is 6.20 Å². The molecule has 0 fully saturated rings. The number of hydrogen-bond acceptors (Lipinski definition) is 4. The van der Waals surface area contributed by atoms with Crippen LogP contribution >= 0.6 is 0 Å². The molecule has 1 aliphatic heterocycles. The van der Waals surface area contributed by atoms with Crippen molar-refractivity contribution in [2.45, 2.75) is 91.9 Å². The number of hydrogen-bond donors (Lipinski definition) is 0. The summed E-state index contributed by atoms with van der Waals surface area (Å²) in [5.41, 5.74) is 14.5. The fourth-order valence-corrected chi connectivity index (χ4v) is 9.03. The quantitative estimate of drug-likeness (QED) is 0.153. The lowest BCUT2D eigenvalue weighted by Crippen LogP contribution is -2.24. The molecule has 2 aromatic heterocycles. The predicted molar refractivity (Wildman–Crippen MR) is 258 cm³/mol. The Labute approximate surface area is 362 Å². The van der Waals surface area contributed by atoms with Gasteiger partial charge in [0.25, 0.3) is 0 Å². The molecule has 0 aliphatic carbocycles. The molecule has 61 heavy (non-hydrogen) atoms. The largest absolute Gasteiger partial charge is 0.457 e. The van der Waals surface area contributed by atoms with Crippen LogP contribution in [0.3, 0.4) is 0 Å². The molecule has 8 aromatic rings.